The average Bonchev–Trinajstić information content (AvgIpc) is 2.52. The minimum atomic E-state index is 0.327. The van der Waals surface area contributed by atoms with Crippen LogP contribution in [0.3, 0.4) is 0 Å². The highest BCUT2D eigenvalue weighted by molar-refractivity contribution is 5.32. The molecule has 2 N–H and O–H groups in total. The smallest absolute Gasteiger partial charge is 0.158 e. The summed E-state index contributed by atoms with van der Waals surface area (Å²) in [6, 6.07) is 5.92. The van der Waals surface area contributed by atoms with Gasteiger partial charge in [0.2, 0.25) is 0 Å². The second-order valence-electron chi connectivity index (χ2n) is 4.22. The molecule has 102 valence electrons. The van der Waals surface area contributed by atoms with Crippen LogP contribution in [0.15, 0.2) is 36.9 Å². The van der Waals surface area contributed by atoms with Crippen molar-refractivity contribution in [2.75, 3.05) is 18.4 Å². The number of pyridine rings is 1. The van der Waals surface area contributed by atoms with E-state index >= 15 is 0 Å². The molecular weight excluding hydrogens is 252 g/mol. The third-order valence-corrected chi connectivity index (χ3v) is 2.65. The predicted molar refractivity (Wildman–Crippen MR) is 75.8 cm³/mol. The Bertz CT molecular complexity index is 546. The molecule has 0 spiro atoms. The van der Waals surface area contributed by atoms with Crippen LogP contribution in [0.4, 0.5) is 5.82 Å². The lowest BCUT2D eigenvalue weighted by atomic mass is 10.3. The number of nitrogens with one attached hydrogen (secondary N) is 2. The lowest BCUT2D eigenvalue weighted by Crippen LogP contribution is -2.18. The lowest BCUT2D eigenvalue weighted by Gasteiger charge is -2.06. The molecule has 0 aliphatic heterocycles. The number of rotatable bonds is 7. The Balaban J connectivity index is 1.58. The van der Waals surface area contributed by atoms with E-state index in [1.54, 1.807) is 12.4 Å². The summed E-state index contributed by atoms with van der Waals surface area (Å²) in [5.41, 5.74) is 1.51. The Morgan fingerprint density at radius 2 is 2.10 bits per heavy atom. The van der Waals surface area contributed by atoms with Gasteiger partial charge in [-0.2, -0.15) is 5.26 Å². The Kier molecular flexibility index (Phi) is 5.43. The van der Waals surface area contributed by atoms with Gasteiger partial charge in [-0.25, -0.2) is 9.97 Å². The molecule has 2 heterocycles. The van der Waals surface area contributed by atoms with Crippen molar-refractivity contribution < 1.29 is 0 Å². The van der Waals surface area contributed by atoms with E-state index in [0.29, 0.717) is 11.5 Å². The molecule has 0 aliphatic carbocycles. The van der Waals surface area contributed by atoms with Crippen molar-refractivity contribution in [2.45, 2.75) is 13.0 Å². The summed E-state index contributed by atoms with van der Waals surface area (Å²) in [6.45, 7) is 2.54. The zero-order valence-electron chi connectivity index (χ0n) is 11.1. The molecule has 2 rings (SSSR count). The lowest BCUT2D eigenvalue weighted by molar-refractivity contribution is 0.661. The fourth-order valence-corrected chi connectivity index (χ4v) is 1.64. The maximum Gasteiger partial charge on any atom is 0.158 e. The van der Waals surface area contributed by atoms with Crippen LogP contribution in [-0.4, -0.2) is 28.0 Å². The number of aromatic nitrogens is 3. The second-order valence-corrected chi connectivity index (χ2v) is 4.22. The maximum atomic E-state index is 8.61. The van der Waals surface area contributed by atoms with Crippen molar-refractivity contribution in [1.82, 2.24) is 20.3 Å². The number of nitrogens with zero attached hydrogens (tertiary/aromatic N) is 4. The molecule has 20 heavy (non-hydrogen) atoms. The van der Waals surface area contributed by atoms with E-state index in [1.165, 1.54) is 11.8 Å². The molecule has 0 aromatic carbocycles. The number of nitriles is 1. The highest BCUT2D eigenvalue weighted by atomic mass is 15.0. The van der Waals surface area contributed by atoms with E-state index in [1.807, 2.05) is 24.4 Å². The summed E-state index contributed by atoms with van der Waals surface area (Å²) in [5, 5.41) is 15.1. The molecular formula is C14H16N6. The topological polar surface area (TPSA) is 86.5 Å². The zero-order valence-corrected chi connectivity index (χ0v) is 11.1. The predicted octanol–water partition coefficient (Wildman–Crippen LogP) is 1.34. The molecule has 0 fully saturated rings. The molecule has 0 atom stereocenters. The SMILES string of the molecule is N#Cc1cnc(NCCCNCc2cccnc2)cn1. The van der Waals surface area contributed by atoms with Crippen molar-refractivity contribution >= 4 is 5.82 Å². The van der Waals surface area contributed by atoms with Crippen LogP contribution >= 0.6 is 0 Å². The van der Waals surface area contributed by atoms with Crippen molar-refractivity contribution in [3.05, 3.63) is 48.2 Å². The van der Waals surface area contributed by atoms with Crippen molar-refractivity contribution in [1.29, 1.82) is 5.26 Å². The van der Waals surface area contributed by atoms with Gasteiger partial charge < -0.3 is 10.6 Å². The van der Waals surface area contributed by atoms with E-state index in [4.69, 9.17) is 5.26 Å². The minimum Gasteiger partial charge on any atom is -0.369 e. The first-order valence-corrected chi connectivity index (χ1v) is 6.44. The van der Waals surface area contributed by atoms with Crippen LogP contribution in [0.25, 0.3) is 0 Å². The summed E-state index contributed by atoms with van der Waals surface area (Å²) in [6.07, 6.45) is 7.64. The second kappa shape index (κ2) is 7.81. The Labute approximate surface area is 117 Å². The zero-order chi connectivity index (χ0) is 14.0. The van der Waals surface area contributed by atoms with Crippen LogP contribution in [-0.2, 0) is 6.54 Å². The molecule has 0 amide bonds. The summed E-state index contributed by atoms with van der Waals surface area (Å²) in [4.78, 5) is 12.1. The van der Waals surface area contributed by atoms with Gasteiger partial charge in [0.05, 0.1) is 12.4 Å². The monoisotopic (exact) mass is 268 g/mol. The minimum absolute atomic E-state index is 0.327. The van der Waals surface area contributed by atoms with Gasteiger partial charge in [0.15, 0.2) is 5.69 Å². The number of hydrogen-bond acceptors (Lipinski definition) is 6. The van der Waals surface area contributed by atoms with E-state index in [0.717, 1.165) is 26.1 Å². The van der Waals surface area contributed by atoms with Crippen LogP contribution in [0, 0.1) is 11.3 Å². The standard InChI is InChI=1S/C14H16N6/c15-7-13-10-20-14(11-19-13)18-6-2-5-17-9-12-3-1-4-16-8-12/h1,3-4,8,10-11,17H,2,5-6,9H2,(H,18,20). The molecule has 6 nitrogen and oxygen atoms in total. The summed E-state index contributed by atoms with van der Waals surface area (Å²) < 4.78 is 0. The van der Waals surface area contributed by atoms with Crippen LogP contribution in [0.5, 0.6) is 0 Å². The van der Waals surface area contributed by atoms with Crippen LogP contribution in [0.2, 0.25) is 0 Å². The third-order valence-electron chi connectivity index (χ3n) is 2.65. The van der Waals surface area contributed by atoms with E-state index in [9.17, 15) is 0 Å². The van der Waals surface area contributed by atoms with E-state index in [-0.39, 0.29) is 0 Å². The summed E-state index contributed by atoms with van der Waals surface area (Å²) in [5.74, 6) is 0.691. The van der Waals surface area contributed by atoms with Gasteiger partial charge in [0.25, 0.3) is 0 Å². The van der Waals surface area contributed by atoms with Crippen LogP contribution < -0.4 is 10.6 Å². The highest BCUT2D eigenvalue weighted by Gasteiger charge is 1.96. The molecule has 0 saturated heterocycles. The van der Waals surface area contributed by atoms with Gasteiger partial charge in [0.1, 0.15) is 11.9 Å². The van der Waals surface area contributed by atoms with Crippen molar-refractivity contribution in [3.8, 4) is 6.07 Å². The van der Waals surface area contributed by atoms with Gasteiger partial charge in [-0.3, -0.25) is 4.98 Å². The Morgan fingerprint density at radius 1 is 1.15 bits per heavy atom. The molecule has 0 radical (unpaired) electrons. The fourth-order valence-electron chi connectivity index (χ4n) is 1.64. The van der Waals surface area contributed by atoms with Gasteiger partial charge >= 0.3 is 0 Å². The Morgan fingerprint density at radius 3 is 2.80 bits per heavy atom. The highest BCUT2D eigenvalue weighted by Crippen LogP contribution is 2.00. The molecule has 6 heteroatoms. The van der Waals surface area contributed by atoms with Gasteiger partial charge in [-0.15, -0.1) is 0 Å². The molecule has 0 unspecified atom stereocenters. The average molecular weight is 268 g/mol. The Hall–Kier alpha value is -2.52. The van der Waals surface area contributed by atoms with Gasteiger partial charge in [-0.1, -0.05) is 6.07 Å². The van der Waals surface area contributed by atoms with Crippen molar-refractivity contribution in [2.24, 2.45) is 0 Å². The maximum absolute atomic E-state index is 8.61. The molecule has 0 bridgehead atoms. The molecule has 0 saturated carbocycles. The number of anilines is 1. The van der Waals surface area contributed by atoms with Crippen LogP contribution in [0.1, 0.15) is 17.7 Å². The fraction of sp³-hybridized carbons (Fsp3) is 0.286. The van der Waals surface area contributed by atoms with E-state index < -0.39 is 0 Å². The van der Waals surface area contributed by atoms with Gasteiger partial charge in [0, 0.05) is 25.5 Å². The summed E-state index contributed by atoms with van der Waals surface area (Å²) >= 11 is 0. The molecule has 2 aromatic heterocycles. The third kappa shape index (κ3) is 4.63. The first-order valence-electron chi connectivity index (χ1n) is 6.44. The summed E-state index contributed by atoms with van der Waals surface area (Å²) in [7, 11) is 0. The molecule has 0 aliphatic rings. The largest absolute Gasteiger partial charge is 0.369 e. The van der Waals surface area contributed by atoms with E-state index in [2.05, 4.69) is 25.6 Å². The first-order chi connectivity index (χ1) is 9.88. The number of hydrogen-bond donors (Lipinski definition) is 2. The normalized spacial score (nSPS) is 9.95. The first kappa shape index (κ1) is 13.9. The quantitative estimate of drug-likeness (QED) is 0.737. The van der Waals surface area contributed by atoms with Gasteiger partial charge in [-0.05, 0) is 24.6 Å². The molecule has 2 aromatic rings. The van der Waals surface area contributed by atoms with Crippen molar-refractivity contribution in [3.63, 3.8) is 0 Å².